The maximum atomic E-state index is 5.56. The van der Waals surface area contributed by atoms with Crippen molar-refractivity contribution in [2.45, 2.75) is 32.4 Å². The Kier molecular flexibility index (Phi) is 4.64. The lowest BCUT2D eigenvalue weighted by Crippen LogP contribution is -2.20. The normalized spacial score (nSPS) is 14.3. The van der Waals surface area contributed by atoms with Gasteiger partial charge in [-0.05, 0) is 41.3 Å². The molecule has 0 radical (unpaired) electrons. The molecule has 0 bridgehead atoms. The molecule has 0 saturated carbocycles. The predicted octanol–water partition coefficient (Wildman–Crippen LogP) is 3.87. The minimum absolute atomic E-state index is 0.357. The topological polar surface area (TPSA) is 30.5 Å². The summed E-state index contributed by atoms with van der Waals surface area (Å²) in [5, 5.41) is 3.65. The molecule has 0 amide bonds. The van der Waals surface area contributed by atoms with E-state index in [1.54, 1.807) is 7.11 Å². The molecule has 0 aliphatic carbocycles. The van der Waals surface area contributed by atoms with Crippen molar-refractivity contribution in [2.75, 3.05) is 13.7 Å². The molecule has 1 unspecified atom stereocenters. The number of benzene rings is 2. The van der Waals surface area contributed by atoms with E-state index < -0.39 is 0 Å². The second kappa shape index (κ2) is 6.84. The average Bonchev–Trinajstić information content (AvgIpc) is 3.03. The maximum absolute atomic E-state index is 5.56. The number of rotatable bonds is 6. The van der Waals surface area contributed by atoms with Gasteiger partial charge in [-0.15, -0.1) is 0 Å². The van der Waals surface area contributed by atoms with E-state index in [0.29, 0.717) is 6.04 Å². The molecule has 1 atom stereocenters. The average molecular weight is 297 g/mol. The zero-order chi connectivity index (χ0) is 15.4. The number of fused-ring (bicyclic) bond motifs is 1. The second-order valence-electron chi connectivity index (χ2n) is 5.66. The molecule has 116 valence electrons. The van der Waals surface area contributed by atoms with Gasteiger partial charge in [0.25, 0.3) is 0 Å². The van der Waals surface area contributed by atoms with Crippen LogP contribution in [0, 0.1) is 0 Å². The van der Waals surface area contributed by atoms with Crippen LogP contribution in [0.4, 0.5) is 0 Å². The molecular weight excluding hydrogens is 274 g/mol. The summed E-state index contributed by atoms with van der Waals surface area (Å²) >= 11 is 0. The molecule has 2 aromatic rings. The molecule has 3 nitrogen and oxygen atoms in total. The molecule has 1 aliphatic heterocycles. The van der Waals surface area contributed by atoms with Crippen molar-refractivity contribution >= 4 is 0 Å². The van der Waals surface area contributed by atoms with Crippen LogP contribution >= 0.6 is 0 Å². The summed E-state index contributed by atoms with van der Waals surface area (Å²) in [5.74, 6) is 1.95. The first-order chi connectivity index (χ1) is 10.8. The lowest BCUT2D eigenvalue weighted by atomic mass is 10.0. The van der Waals surface area contributed by atoms with Crippen molar-refractivity contribution in [3.05, 3.63) is 59.2 Å². The molecule has 2 aromatic carbocycles. The summed E-state index contributed by atoms with van der Waals surface area (Å²) in [6.45, 7) is 3.89. The first kappa shape index (κ1) is 14.9. The highest BCUT2D eigenvalue weighted by Crippen LogP contribution is 2.26. The van der Waals surface area contributed by atoms with Crippen LogP contribution in [0.2, 0.25) is 0 Å². The largest absolute Gasteiger partial charge is 0.497 e. The third kappa shape index (κ3) is 3.25. The van der Waals surface area contributed by atoms with Gasteiger partial charge < -0.3 is 14.8 Å². The number of ether oxygens (including phenoxy) is 2. The van der Waals surface area contributed by atoms with Gasteiger partial charge in [0, 0.05) is 19.0 Å². The van der Waals surface area contributed by atoms with Crippen LogP contribution < -0.4 is 14.8 Å². The van der Waals surface area contributed by atoms with Crippen molar-refractivity contribution in [3.63, 3.8) is 0 Å². The number of methoxy groups -OCH3 is 1. The smallest absolute Gasteiger partial charge is 0.122 e. The number of hydrogen-bond donors (Lipinski definition) is 1. The second-order valence-corrected chi connectivity index (χ2v) is 5.66. The quantitative estimate of drug-likeness (QED) is 0.878. The van der Waals surface area contributed by atoms with Crippen molar-refractivity contribution in [2.24, 2.45) is 0 Å². The molecule has 1 aliphatic rings. The molecule has 3 rings (SSSR count). The SMILES string of the molecule is CCC(NCc1ccc2c(c1)CCO2)c1ccc(OC)cc1. The van der Waals surface area contributed by atoms with Crippen LogP contribution in [0.5, 0.6) is 11.5 Å². The van der Waals surface area contributed by atoms with Crippen LogP contribution in [0.15, 0.2) is 42.5 Å². The fourth-order valence-corrected chi connectivity index (χ4v) is 2.93. The Bertz CT molecular complexity index is 622. The Morgan fingerprint density at radius 3 is 2.73 bits per heavy atom. The zero-order valence-electron chi connectivity index (χ0n) is 13.3. The minimum Gasteiger partial charge on any atom is -0.497 e. The molecule has 3 heteroatoms. The zero-order valence-corrected chi connectivity index (χ0v) is 13.3. The van der Waals surface area contributed by atoms with Crippen LogP contribution in [-0.2, 0) is 13.0 Å². The van der Waals surface area contributed by atoms with E-state index in [9.17, 15) is 0 Å². The Morgan fingerprint density at radius 1 is 1.18 bits per heavy atom. The van der Waals surface area contributed by atoms with E-state index in [-0.39, 0.29) is 0 Å². The predicted molar refractivity (Wildman–Crippen MR) is 88.5 cm³/mol. The Balaban J connectivity index is 1.65. The van der Waals surface area contributed by atoms with Gasteiger partial charge in [0.15, 0.2) is 0 Å². The van der Waals surface area contributed by atoms with Crippen molar-refractivity contribution < 1.29 is 9.47 Å². The van der Waals surface area contributed by atoms with Crippen LogP contribution in [0.25, 0.3) is 0 Å². The Hall–Kier alpha value is -2.00. The summed E-state index contributed by atoms with van der Waals surface area (Å²) in [6.07, 6.45) is 2.08. The van der Waals surface area contributed by atoms with E-state index in [2.05, 4.69) is 42.6 Å². The number of hydrogen-bond acceptors (Lipinski definition) is 3. The van der Waals surface area contributed by atoms with Crippen LogP contribution in [-0.4, -0.2) is 13.7 Å². The van der Waals surface area contributed by atoms with Gasteiger partial charge in [-0.25, -0.2) is 0 Å². The fraction of sp³-hybridized carbons (Fsp3) is 0.368. The van der Waals surface area contributed by atoms with Gasteiger partial charge in [0.2, 0.25) is 0 Å². The molecule has 1 N–H and O–H groups in total. The van der Waals surface area contributed by atoms with E-state index in [1.807, 2.05) is 12.1 Å². The van der Waals surface area contributed by atoms with Crippen LogP contribution in [0.3, 0.4) is 0 Å². The molecular formula is C19H23NO2. The van der Waals surface area contributed by atoms with Gasteiger partial charge in [-0.2, -0.15) is 0 Å². The third-order valence-electron chi connectivity index (χ3n) is 4.23. The van der Waals surface area contributed by atoms with Crippen LogP contribution in [0.1, 0.15) is 36.1 Å². The first-order valence-electron chi connectivity index (χ1n) is 7.92. The van der Waals surface area contributed by atoms with Gasteiger partial charge in [-0.3, -0.25) is 0 Å². The van der Waals surface area contributed by atoms with Gasteiger partial charge in [0.05, 0.1) is 13.7 Å². The molecule has 0 spiro atoms. The van der Waals surface area contributed by atoms with Gasteiger partial charge >= 0.3 is 0 Å². The minimum atomic E-state index is 0.357. The van der Waals surface area contributed by atoms with E-state index >= 15 is 0 Å². The third-order valence-corrected chi connectivity index (χ3v) is 4.23. The summed E-state index contributed by atoms with van der Waals surface area (Å²) in [7, 11) is 1.70. The monoisotopic (exact) mass is 297 g/mol. The standard InChI is InChI=1S/C19H23NO2/c1-3-18(15-5-7-17(21-2)8-6-15)20-13-14-4-9-19-16(12-14)10-11-22-19/h4-9,12,18,20H,3,10-11,13H2,1-2H3. The van der Waals surface area contributed by atoms with Gasteiger partial charge in [0.1, 0.15) is 11.5 Å². The van der Waals surface area contributed by atoms with E-state index in [4.69, 9.17) is 9.47 Å². The number of nitrogens with one attached hydrogen (secondary N) is 1. The summed E-state index contributed by atoms with van der Waals surface area (Å²) in [4.78, 5) is 0. The lowest BCUT2D eigenvalue weighted by Gasteiger charge is -2.18. The summed E-state index contributed by atoms with van der Waals surface area (Å²) in [6, 6.07) is 15.2. The highest BCUT2D eigenvalue weighted by molar-refractivity contribution is 5.39. The van der Waals surface area contributed by atoms with Gasteiger partial charge in [-0.1, -0.05) is 31.2 Å². The maximum Gasteiger partial charge on any atom is 0.122 e. The van der Waals surface area contributed by atoms with Crippen molar-refractivity contribution in [1.82, 2.24) is 5.32 Å². The first-order valence-corrected chi connectivity index (χ1v) is 7.92. The molecule has 0 saturated heterocycles. The van der Waals surface area contributed by atoms with E-state index in [1.165, 1.54) is 16.7 Å². The van der Waals surface area contributed by atoms with E-state index in [0.717, 1.165) is 37.5 Å². The lowest BCUT2D eigenvalue weighted by molar-refractivity contribution is 0.357. The van der Waals surface area contributed by atoms with Crippen molar-refractivity contribution in [1.29, 1.82) is 0 Å². The highest BCUT2D eigenvalue weighted by atomic mass is 16.5. The molecule has 22 heavy (non-hydrogen) atoms. The summed E-state index contributed by atoms with van der Waals surface area (Å²) < 4.78 is 10.8. The Morgan fingerprint density at radius 2 is 2.00 bits per heavy atom. The Labute approximate surface area is 132 Å². The molecule has 1 heterocycles. The molecule has 0 fully saturated rings. The highest BCUT2D eigenvalue weighted by Gasteiger charge is 2.13. The molecule has 0 aromatic heterocycles. The van der Waals surface area contributed by atoms with Crippen molar-refractivity contribution in [3.8, 4) is 11.5 Å². The fourth-order valence-electron chi connectivity index (χ4n) is 2.93. The summed E-state index contributed by atoms with van der Waals surface area (Å²) in [5.41, 5.74) is 3.95.